The lowest BCUT2D eigenvalue weighted by Gasteiger charge is -2.35. The summed E-state index contributed by atoms with van der Waals surface area (Å²) in [5, 5.41) is 9.83. The molecule has 3 heterocycles. The minimum Gasteiger partial charge on any atom is -0.497 e. The number of para-hydroxylation sites is 1. The molecule has 160 valence electrons. The Hall–Kier alpha value is -4.00. The van der Waals surface area contributed by atoms with Gasteiger partial charge in [0.15, 0.2) is 5.82 Å². The molecular formula is C25H23N5O2. The number of methoxy groups -OCH3 is 1. The van der Waals surface area contributed by atoms with Crippen molar-refractivity contribution in [2.24, 2.45) is 0 Å². The van der Waals surface area contributed by atoms with Gasteiger partial charge >= 0.3 is 0 Å². The number of hydrogen-bond donors (Lipinski definition) is 0. The fourth-order valence-corrected chi connectivity index (χ4v) is 3.90. The van der Waals surface area contributed by atoms with Gasteiger partial charge in [0.1, 0.15) is 11.4 Å². The van der Waals surface area contributed by atoms with Crippen LogP contribution in [-0.4, -0.2) is 59.3 Å². The minimum absolute atomic E-state index is 0.0312. The van der Waals surface area contributed by atoms with Gasteiger partial charge in [-0.05, 0) is 48.5 Å². The number of anilines is 1. The van der Waals surface area contributed by atoms with Crippen LogP contribution in [0.3, 0.4) is 0 Å². The van der Waals surface area contributed by atoms with Crippen molar-refractivity contribution in [3.63, 3.8) is 0 Å². The number of aromatic nitrogens is 3. The van der Waals surface area contributed by atoms with Crippen molar-refractivity contribution in [3.05, 3.63) is 78.5 Å². The van der Waals surface area contributed by atoms with E-state index in [1.165, 1.54) is 0 Å². The molecule has 7 heteroatoms. The molecule has 0 spiro atoms. The molecule has 0 unspecified atom stereocenters. The minimum atomic E-state index is -0.0312. The van der Waals surface area contributed by atoms with E-state index in [2.05, 4.69) is 20.1 Å². The van der Waals surface area contributed by atoms with Crippen molar-refractivity contribution >= 4 is 22.6 Å². The molecule has 0 aliphatic carbocycles. The Morgan fingerprint density at radius 3 is 2.34 bits per heavy atom. The second kappa shape index (κ2) is 8.63. The first kappa shape index (κ1) is 19.9. The number of hydrogen-bond acceptors (Lipinski definition) is 6. The summed E-state index contributed by atoms with van der Waals surface area (Å²) >= 11 is 0. The molecule has 5 rings (SSSR count). The summed E-state index contributed by atoms with van der Waals surface area (Å²) < 4.78 is 5.20. The lowest BCUT2D eigenvalue weighted by atomic mass is 10.1. The molecule has 0 bridgehead atoms. The van der Waals surface area contributed by atoms with Gasteiger partial charge < -0.3 is 14.5 Å². The van der Waals surface area contributed by atoms with E-state index in [1.54, 1.807) is 13.2 Å². The number of nitrogens with zero attached hydrogens (tertiary/aromatic N) is 5. The number of ether oxygens (including phenoxy) is 1. The van der Waals surface area contributed by atoms with Gasteiger partial charge in [-0.15, -0.1) is 10.2 Å². The van der Waals surface area contributed by atoms with Crippen LogP contribution < -0.4 is 9.64 Å². The number of piperazine rings is 1. The van der Waals surface area contributed by atoms with Crippen LogP contribution in [0.4, 0.5) is 5.82 Å². The number of carbonyl (C=O) groups is 1. The average Bonchev–Trinajstić information content (AvgIpc) is 2.88. The average molecular weight is 425 g/mol. The lowest BCUT2D eigenvalue weighted by molar-refractivity contribution is 0.0741. The Kier molecular flexibility index (Phi) is 5.37. The van der Waals surface area contributed by atoms with Crippen LogP contribution in [0.2, 0.25) is 0 Å². The number of fused-ring (bicyclic) bond motifs is 1. The van der Waals surface area contributed by atoms with Crippen molar-refractivity contribution in [2.75, 3.05) is 38.2 Å². The zero-order valence-corrected chi connectivity index (χ0v) is 17.8. The van der Waals surface area contributed by atoms with Crippen molar-refractivity contribution < 1.29 is 9.53 Å². The van der Waals surface area contributed by atoms with Gasteiger partial charge in [0.25, 0.3) is 5.91 Å². The van der Waals surface area contributed by atoms with E-state index in [0.29, 0.717) is 31.9 Å². The van der Waals surface area contributed by atoms with Crippen LogP contribution >= 0.6 is 0 Å². The summed E-state index contributed by atoms with van der Waals surface area (Å²) in [7, 11) is 1.65. The molecule has 1 amide bonds. The van der Waals surface area contributed by atoms with Gasteiger partial charge in [-0.25, -0.2) is 4.98 Å². The third kappa shape index (κ3) is 3.97. The largest absolute Gasteiger partial charge is 0.497 e. The van der Waals surface area contributed by atoms with Crippen LogP contribution in [-0.2, 0) is 0 Å². The molecule has 1 fully saturated rings. The summed E-state index contributed by atoms with van der Waals surface area (Å²) in [6, 6.07) is 23.3. The van der Waals surface area contributed by atoms with Gasteiger partial charge in [-0.2, -0.15) is 0 Å². The van der Waals surface area contributed by atoms with Gasteiger partial charge in [0.2, 0.25) is 0 Å². The highest BCUT2D eigenvalue weighted by molar-refractivity contribution is 5.95. The second-order valence-electron chi connectivity index (χ2n) is 7.67. The number of amides is 1. The van der Waals surface area contributed by atoms with Crippen LogP contribution in [0.5, 0.6) is 5.75 Å². The Balaban J connectivity index is 1.23. The normalized spacial score (nSPS) is 13.9. The van der Waals surface area contributed by atoms with Crippen molar-refractivity contribution in [1.82, 2.24) is 20.1 Å². The first-order valence-electron chi connectivity index (χ1n) is 10.6. The van der Waals surface area contributed by atoms with E-state index in [4.69, 9.17) is 4.74 Å². The predicted molar refractivity (Wildman–Crippen MR) is 124 cm³/mol. The zero-order chi connectivity index (χ0) is 21.9. The van der Waals surface area contributed by atoms with Crippen LogP contribution in [0.25, 0.3) is 22.2 Å². The molecule has 0 saturated carbocycles. The van der Waals surface area contributed by atoms with Crippen molar-refractivity contribution in [1.29, 1.82) is 0 Å². The highest BCUT2D eigenvalue weighted by Crippen LogP contribution is 2.22. The van der Waals surface area contributed by atoms with E-state index in [1.807, 2.05) is 71.6 Å². The first-order chi connectivity index (χ1) is 15.7. The smallest absolute Gasteiger partial charge is 0.272 e. The fourth-order valence-electron chi connectivity index (χ4n) is 3.90. The van der Waals surface area contributed by atoms with Gasteiger partial charge in [-0.1, -0.05) is 24.3 Å². The Bertz CT molecular complexity index is 1230. The molecule has 4 aromatic rings. The number of pyridine rings is 1. The number of rotatable bonds is 4. The van der Waals surface area contributed by atoms with Gasteiger partial charge in [0, 0.05) is 37.1 Å². The zero-order valence-electron chi connectivity index (χ0n) is 17.8. The van der Waals surface area contributed by atoms with E-state index < -0.39 is 0 Å². The molecule has 7 nitrogen and oxygen atoms in total. The topological polar surface area (TPSA) is 71.5 Å². The quantitative estimate of drug-likeness (QED) is 0.497. The van der Waals surface area contributed by atoms with E-state index in [-0.39, 0.29) is 5.91 Å². The Morgan fingerprint density at radius 2 is 1.62 bits per heavy atom. The molecular weight excluding hydrogens is 402 g/mol. The molecule has 1 aliphatic heterocycles. The lowest BCUT2D eigenvalue weighted by Crippen LogP contribution is -2.49. The van der Waals surface area contributed by atoms with E-state index in [0.717, 1.165) is 33.7 Å². The second-order valence-corrected chi connectivity index (χ2v) is 7.67. The molecule has 0 atom stereocenters. The summed E-state index contributed by atoms with van der Waals surface area (Å²) in [5.74, 6) is 1.60. The third-order valence-corrected chi connectivity index (χ3v) is 5.74. The highest BCUT2D eigenvalue weighted by Gasteiger charge is 2.24. The maximum absolute atomic E-state index is 12.9. The maximum atomic E-state index is 12.9. The Labute approximate surface area is 186 Å². The standard InChI is InChI=1S/C25H23N5O2/c1-32-20-9-6-19(7-10-20)22-12-13-24(28-27-22)29-14-16-30(17-15-29)25(31)23-11-8-18-4-2-3-5-21(18)26-23/h2-13H,14-17H2,1H3. The molecule has 2 aromatic heterocycles. The summed E-state index contributed by atoms with van der Waals surface area (Å²) in [4.78, 5) is 21.5. The highest BCUT2D eigenvalue weighted by atomic mass is 16.5. The Morgan fingerprint density at radius 1 is 0.844 bits per heavy atom. The van der Waals surface area contributed by atoms with Crippen molar-refractivity contribution in [3.8, 4) is 17.0 Å². The monoisotopic (exact) mass is 425 g/mol. The van der Waals surface area contributed by atoms with Gasteiger partial charge in [0.05, 0.1) is 18.3 Å². The summed E-state index contributed by atoms with van der Waals surface area (Å²) in [6.45, 7) is 2.65. The molecule has 32 heavy (non-hydrogen) atoms. The SMILES string of the molecule is COc1ccc(-c2ccc(N3CCN(C(=O)c4ccc5ccccc5n4)CC3)nn2)cc1. The molecule has 0 radical (unpaired) electrons. The van der Waals surface area contributed by atoms with Crippen LogP contribution in [0.15, 0.2) is 72.8 Å². The molecule has 2 aromatic carbocycles. The van der Waals surface area contributed by atoms with Crippen LogP contribution in [0, 0.1) is 0 Å². The summed E-state index contributed by atoms with van der Waals surface area (Å²) in [6.07, 6.45) is 0. The first-order valence-corrected chi connectivity index (χ1v) is 10.6. The van der Waals surface area contributed by atoms with E-state index >= 15 is 0 Å². The number of benzene rings is 2. The van der Waals surface area contributed by atoms with Crippen LogP contribution in [0.1, 0.15) is 10.5 Å². The van der Waals surface area contributed by atoms with E-state index in [9.17, 15) is 4.79 Å². The third-order valence-electron chi connectivity index (χ3n) is 5.74. The molecule has 0 N–H and O–H groups in total. The van der Waals surface area contributed by atoms with Gasteiger partial charge in [-0.3, -0.25) is 4.79 Å². The summed E-state index contributed by atoms with van der Waals surface area (Å²) in [5.41, 5.74) is 3.13. The molecule has 1 saturated heterocycles. The maximum Gasteiger partial charge on any atom is 0.272 e. The molecule has 1 aliphatic rings. The predicted octanol–water partition coefficient (Wildman–Crippen LogP) is 3.66. The fraction of sp³-hybridized carbons (Fsp3) is 0.200. The van der Waals surface area contributed by atoms with Crippen molar-refractivity contribution in [2.45, 2.75) is 0 Å². The number of carbonyl (C=O) groups excluding carboxylic acids is 1.